The summed E-state index contributed by atoms with van der Waals surface area (Å²) in [6.45, 7) is 0. The van der Waals surface area contributed by atoms with E-state index >= 15 is 0 Å². The van der Waals surface area contributed by atoms with Crippen molar-refractivity contribution in [2.24, 2.45) is 0 Å². The first-order valence-electron chi connectivity index (χ1n) is 9.99. The van der Waals surface area contributed by atoms with Crippen molar-refractivity contribution in [3.8, 4) is 11.1 Å². The molecule has 0 aliphatic heterocycles. The van der Waals surface area contributed by atoms with E-state index in [0.717, 1.165) is 11.1 Å². The highest BCUT2D eigenvalue weighted by Crippen LogP contribution is 2.40. The van der Waals surface area contributed by atoms with E-state index in [1.807, 2.05) is 30.3 Å². The highest BCUT2D eigenvalue weighted by Gasteiger charge is 2.26. The largest absolute Gasteiger partial charge is 0.389 e. The number of aryl methyl sites for hydroxylation is 1. The second-order valence-corrected chi connectivity index (χ2v) is 7.63. The Bertz CT molecular complexity index is 1320. The fourth-order valence-corrected chi connectivity index (χ4v) is 4.33. The molecule has 5 aromatic carbocycles. The SMILES string of the molecule is FC(F)(F)CCc1ccc(-c2cccc3c4ccccc4c4ccccc4c23)cc1. The molecule has 0 saturated carbocycles. The zero-order chi connectivity index (χ0) is 20.7. The first-order valence-corrected chi connectivity index (χ1v) is 9.99. The van der Waals surface area contributed by atoms with Crippen molar-refractivity contribution in [3.05, 3.63) is 96.6 Å². The molecule has 0 heterocycles. The molecule has 0 radical (unpaired) electrons. The molecule has 5 rings (SSSR count). The van der Waals surface area contributed by atoms with Crippen molar-refractivity contribution in [1.29, 1.82) is 0 Å². The smallest absolute Gasteiger partial charge is 0.171 e. The fourth-order valence-electron chi connectivity index (χ4n) is 4.33. The lowest BCUT2D eigenvalue weighted by atomic mass is 9.89. The molecule has 5 aromatic rings. The predicted molar refractivity (Wildman–Crippen MR) is 119 cm³/mol. The molecule has 0 N–H and O–H groups in total. The minimum atomic E-state index is -4.13. The maximum atomic E-state index is 12.5. The topological polar surface area (TPSA) is 0 Å². The van der Waals surface area contributed by atoms with Gasteiger partial charge in [0, 0.05) is 6.42 Å². The third-order valence-corrected chi connectivity index (χ3v) is 5.73. The average Bonchev–Trinajstić information content (AvgIpc) is 2.77. The molecule has 0 bridgehead atoms. The van der Waals surface area contributed by atoms with Gasteiger partial charge in [0.1, 0.15) is 0 Å². The maximum absolute atomic E-state index is 12.5. The van der Waals surface area contributed by atoms with Gasteiger partial charge in [0.2, 0.25) is 0 Å². The van der Waals surface area contributed by atoms with Crippen LogP contribution in [0, 0.1) is 0 Å². The van der Waals surface area contributed by atoms with Gasteiger partial charge >= 0.3 is 6.18 Å². The Morgan fingerprint density at radius 2 is 1.03 bits per heavy atom. The summed E-state index contributed by atoms with van der Waals surface area (Å²) < 4.78 is 37.6. The van der Waals surface area contributed by atoms with Crippen LogP contribution in [0.2, 0.25) is 0 Å². The fraction of sp³-hybridized carbons (Fsp3) is 0.111. The lowest BCUT2D eigenvalue weighted by Gasteiger charge is -2.14. The summed E-state index contributed by atoms with van der Waals surface area (Å²) in [5, 5.41) is 7.17. The zero-order valence-corrected chi connectivity index (χ0v) is 16.2. The third kappa shape index (κ3) is 3.30. The number of alkyl halides is 3. The number of benzene rings is 5. The molecule has 0 amide bonds. The van der Waals surface area contributed by atoms with Gasteiger partial charge in [0.25, 0.3) is 0 Å². The van der Waals surface area contributed by atoms with Gasteiger partial charge in [0.05, 0.1) is 0 Å². The molecule has 0 nitrogen and oxygen atoms in total. The summed E-state index contributed by atoms with van der Waals surface area (Å²) in [6.07, 6.45) is -4.92. The highest BCUT2D eigenvalue weighted by molar-refractivity contribution is 6.28. The predicted octanol–water partition coefficient (Wildman–Crippen LogP) is 8.31. The molecule has 0 aliphatic rings. The van der Waals surface area contributed by atoms with Crippen LogP contribution in [-0.4, -0.2) is 6.18 Å². The van der Waals surface area contributed by atoms with E-state index in [4.69, 9.17) is 0 Å². The minimum absolute atomic E-state index is 0.00683. The van der Waals surface area contributed by atoms with Gasteiger partial charge in [0.15, 0.2) is 0 Å². The monoisotopic (exact) mass is 400 g/mol. The standard InChI is InChI=1S/C27H19F3/c28-27(29,30)17-16-18-12-14-19(15-13-18)20-10-5-11-25-23-7-2-1-6-21(23)22-8-3-4-9-24(22)26(20)25/h1-15H,16-17H2. The molecule has 0 spiro atoms. The Hall–Kier alpha value is -3.33. The van der Waals surface area contributed by atoms with E-state index in [0.29, 0.717) is 5.56 Å². The molecule has 0 saturated heterocycles. The molecule has 0 aromatic heterocycles. The molecular formula is C27H19F3. The van der Waals surface area contributed by atoms with Gasteiger partial charge < -0.3 is 0 Å². The van der Waals surface area contributed by atoms with Crippen LogP contribution in [0.25, 0.3) is 43.4 Å². The number of hydrogen-bond acceptors (Lipinski definition) is 0. The summed E-state index contributed by atoms with van der Waals surface area (Å²) >= 11 is 0. The maximum Gasteiger partial charge on any atom is 0.389 e. The highest BCUT2D eigenvalue weighted by atomic mass is 19.4. The molecule has 148 valence electrons. The third-order valence-electron chi connectivity index (χ3n) is 5.73. The quantitative estimate of drug-likeness (QED) is 0.267. The zero-order valence-electron chi connectivity index (χ0n) is 16.2. The van der Waals surface area contributed by atoms with Crippen LogP contribution in [0.4, 0.5) is 13.2 Å². The molecule has 0 atom stereocenters. The van der Waals surface area contributed by atoms with Crippen molar-refractivity contribution in [2.75, 3.05) is 0 Å². The first-order chi connectivity index (χ1) is 14.5. The molecule has 3 heteroatoms. The summed E-state index contributed by atoms with van der Waals surface area (Å²) in [5.74, 6) is 0. The number of fused-ring (bicyclic) bond motifs is 6. The van der Waals surface area contributed by atoms with Gasteiger partial charge in [-0.05, 0) is 55.4 Å². The van der Waals surface area contributed by atoms with E-state index in [1.165, 1.54) is 32.3 Å². The van der Waals surface area contributed by atoms with Crippen molar-refractivity contribution < 1.29 is 13.2 Å². The molecule has 30 heavy (non-hydrogen) atoms. The Morgan fingerprint density at radius 1 is 0.533 bits per heavy atom. The van der Waals surface area contributed by atoms with E-state index in [9.17, 15) is 13.2 Å². The van der Waals surface area contributed by atoms with Crippen LogP contribution in [0.5, 0.6) is 0 Å². The van der Waals surface area contributed by atoms with Gasteiger partial charge in [-0.25, -0.2) is 0 Å². The van der Waals surface area contributed by atoms with Gasteiger partial charge in [-0.2, -0.15) is 13.2 Å². The second-order valence-electron chi connectivity index (χ2n) is 7.63. The van der Waals surface area contributed by atoms with E-state index in [1.54, 1.807) is 0 Å². The summed E-state index contributed by atoms with van der Waals surface area (Å²) in [7, 11) is 0. The Morgan fingerprint density at radius 3 is 1.60 bits per heavy atom. The summed E-state index contributed by atoms with van der Waals surface area (Å²) in [6, 6.07) is 30.6. The molecule has 0 aliphatic carbocycles. The number of hydrogen-bond donors (Lipinski definition) is 0. The van der Waals surface area contributed by atoms with Crippen molar-refractivity contribution >= 4 is 32.3 Å². The second kappa shape index (κ2) is 7.17. The van der Waals surface area contributed by atoms with Crippen molar-refractivity contribution in [3.63, 3.8) is 0 Å². The molecular weight excluding hydrogens is 381 g/mol. The number of halogens is 3. The van der Waals surface area contributed by atoms with Crippen LogP contribution in [-0.2, 0) is 6.42 Å². The summed E-state index contributed by atoms with van der Waals surface area (Å²) in [4.78, 5) is 0. The van der Waals surface area contributed by atoms with Gasteiger partial charge in [-0.1, -0.05) is 91.0 Å². The van der Waals surface area contributed by atoms with Crippen LogP contribution in [0.15, 0.2) is 91.0 Å². The summed E-state index contributed by atoms with van der Waals surface area (Å²) in [5.41, 5.74) is 2.81. The van der Waals surface area contributed by atoms with E-state index in [2.05, 4.69) is 60.7 Å². The Balaban J connectivity index is 1.71. The van der Waals surface area contributed by atoms with Gasteiger partial charge in [-0.15, -0.1) is 0 Å². The van der Waals surface area contributed by atoms with Crippen LogP contribution in [0.1, 0.15) is 12.0 Å². The number of rotatable bonds is 3. The lowest BCUT2D eigenvalue weighted by molar-refractivity contribution is -0.133. The van der Waals surface area contributed by atoms with E-state index < -0.39 is 12.6 Å². The molecule has 0 unspecified atom stereocenters. The Kier molecular flexibility index (Phi) is 4.47. The first kappa shape index (κ1) is 18.7. The van der Waals surface area contributed by atoms with Crippen LogP contribution >= 0.6 is 0 Å². The van der Waals surface area contributed by atoms with Crippen molar-refractivity contribution in [2.45, 2.75) is 19.0 Å². The normalized spacial score (nSPS) is 12.1. The Labute approximate surface area is 172 Å². The lowest BCUT2D eigenvalue weighted by Crippen LogP contribution is -2.08. The van der Waals surface area contributed by atoms with Crippen LogP contribution in [0.3, 0.4) is 0 Å². The minimum Gasteiger partial charge on any atom is -0.171 e. The molecule has 0 fully saturated rings. The van der Waals surface area contributed by atoms with E-state index in [-0.39, 0.29) is 6.42 Å². The van der Waals surface area contributed by atoms with Crippen LogP contribution < -0.4 is 0 Å². The van der Waals surface area contributed by atoms with Crippen molar-refractivity contribution in [1.82, 2.24) is 0 Å². The average molecular weight is 400 g/mol. The van der Waals surface area contributed by atoms with Gasteiger partial charge in [-0.3, -0.25) is 0 Å².